The largest absolute Gasteiger partial charge is 0.453 e. The van der Waals surface area contributed by atoms with E-state index in [0.717, 1.165) is 84.0 Å². The van der Waals surface area contributed by atoms with Crippen LogP contribution in [0.2, 0.25) is 0 Å². The molecule has 0 bridgehead atoms. The Morgan fingerprint density at radius 2 is 1.46 bits per heavy atom. The molecule has 4 aromatic rings. The lowest BCUT2D eigenvalue weighted by Gasteiger charge is -2.30. The van der Waals surface area contributed by atoms with Gasteiger partial charge in [0.1, 0.15) is 17.7 Å². The number of nitrogens with zero attached hydrogens (tertiary/aromatic N) is 5. The molecule has 3 saturated heterocycles. The van der Waals surface area contributed by atoms with E-state index in [1.165, 1.54) is 7.11 Å². The minimum Gasteiger partial charge on any atom is -0.453 e. The van der Waals surface area contributed by atoms with Crippen molar-refractivity contribution in [2.45, 2.75) is 69.7 Å². The summed E-state index contributed by atoms with van der Waals surface area (Å²) in [5, 5.41) is 2.70. The van der Waals surface area contributed by atoms with E-state index in [1.807, 2.05) is 36.0 Å². The number of methoxy groups -OCH3 is 1. The van der Waals surface area contributed by atoms with Crippen LogP contribution in [0, 0.1) is 5.92 Å². The van der Waals surface area contributed by atoms with Crippen LogP contribution in [-0.2, 0) is 14.3 Å². The third-order valence-corrected chi connectivity index (χ3v) is 10.7. The summed E-state index contributed by atoms with van der Waals surface area (Å²) in [6.07, 6.45) is 7.40. The number of carbonyl (C=O) groups is 3. The zero-order valence-corrected chi connectivity index (χ0v) is 30.5. The number of hydrogen-bond acceptors (Lipinski definition) is 7. The van der Waals surface area contributed by atoms with Gasteiger partial charge in [0.05, 0.1) is 55.1 Å². The topological polar surface area (TPSA) is 149 Å². The van der Waals surface area contributed by atoms with E-state index in [2.05, 4.69) is 68.8 Å². The zero-order chi connectivity index (χ0) is 36.6. The highest BCUT2D eigenvalue weighted by Crippen LogP contribution is 2.45. The number of urea groups is 1. The van der Waals surface area contributed by atoms with E-state index in [1.54, 1.807) is 19.0 Å². The van der Waals surface area contributed by atoms with E-state index in [0.29, 0.717) is 13.1 Å². The average molecular weight is 709 g/mol. The molecule has 4 atom stereocenters. The molecule has 3 N–H and O–H groups in total. The lowest BCUT2D eigenvalue weighted by molar-refractivity contribution is -0.135. The number of alkyl carbamates (subject to hydrolysis) is 1. The fourth-order valence-corrected chi connectivity index (χ4v) is 7.87. The van der Waals surface area contributed by atoms with Gasteiger partial charge < -0.3 is 39.5 Å². The van der Waals surface area contributed by atoms with E-state index < -0.39 is 12.1 Å². The molecule has 13 heteroatoms. The first kappa shape index (κ1) is 35.2. The first-order valence-electron chi connectivity index (χ1n) is 18.1. The quantitative estimate of drug-likeness (QED) is 0.199. The first-order chi connectivity index (χ1) is 25.1. The molecule has 0 saturated carbocycles. The van der Waals surface area contributed by atoms with Crippen LogP contribution < -0.4 is 5.32 Å². The van der Waals surface area contributed by atoms with Crippen LogP contribution >= 0.6 is 0 Å². The van der Waals surface area contributed by atoms with Gasteiger partial charge in [0.2, 0.25) is 5.91 Å². The van der Waals surface area contributed by atoms with Gasteiger partial charge in [-0.25, -0.2) is 19.6 Å². The maximum Gasteiger partial charge on any atom is 0.407 e. The third-order valence-electron chi connectivity index (χ3n) is 10.7. The van der Waals surface area contributed by atoms with Crippen molar-refractivity contribution in [3.63, 3.8) is 0 Å². The highest BCUT2D eigenvalue weighted by atomic mass is 16.5. The molecule has 7 rings (SSSR count). The number of likely N-dealkylation sites (tertiary alicyclic amines) is 2. The Bertz CT molecular complexity index is 1890. The summed E-state index contributed by atoms with van der Waals surface area (Å²) in [5.74, 6) is 1.29. The molecule has 52 heavy (non-hydrogen) atoms. The summed E-state index contributed by atoms with van der Waals surface area (Å²) in [7, 11) is 4.86. The van der Waals surface area contributed by atoms with Gasteiger partial charge in [0.25, 0.3) is 0 Å². The van der Waals surface area contributed by atoms with E-state index in [4.69, 9.17) is 14.5 Å². The molecule has 13 nitrogen and oxygen atoms in total. The van der Waals surface area contributed by atoms with Crippen LogP contribution in [0.25, 0.3) is 33.6 Å². The molecule has 3 aliphatic heterocycles. The van der Waals surface area contributed by atoms with Crippen molar-refractivity contribution in [1.29, 1.82) is 0 Å². The number of benzene rings is 2. The standard InChI is InChI=1S/C39H48N8O5/c1-24(2)33(44-37(49)51-5)36(48)46-18-6-8-31(46)34-40-21-29(42-34)27-13-9-25(10-14-27)26-11-15-28(16-12-26)30-22-41-35(43-30)32-20-39(17-7-19-52-39)23-47(32)38(50)45(3)4/h9-16,21-22,24,31-33H,6-8,17-20,23H2,1-5H3,(H,40,42)(H,41,43)(H,44,49)/t31-,32-,33-,39-/m0/s1. The van der Waals surface area contributed by atoms with Gasteiger partial charge in [0.15, 0.2) is 0 Å². The normalized spacial score (nSPS) is 22.0. The molecule has 0 radical (unpaired) electrons. The number of aromatic amines is 2. The maximum atomic E-state index is 13.5. The van der Waals surface area contributed by atoms with Crippen LogP contribution in [-0.4, -0.2) is 105 Å². The highest BCUT2D eigenvalue weighted by molar-refractivity contribution is 5.86. The monoisotopic (exact) mass is 708 g/mol. The van der Waals surface area contributed by atoms with E-state index in [-0.39, 0.29) is 35.5 Å². The Balaban J connectivity index is 1.02. The number of imidazole rings is 2. The molecule has 4 amide bonds. The predicted molar refractivity (Wildman–Crippen MR) is 196 cm³/mol. The summed E-state index contributed by atoms with van der Waals surface area (Å²) in [6, 6.07) is 15.6. The molecule has 0 aliphatic carbocycles. The second-order valence-corrected chi connectivity index (χ2v) is 14.7. The van der Waals surface area contributed by atoms with Gasteiger partial charge in [-0.15, -0.1) is 0 Å². The average Bonchev–Trinajstić information content (AvgIpc) is 4.01. The van der Waals surface area contributed by atoms with Gasteiger partial charge in [-0.05, 0) is 53.9 Å². The molecule has 1 spiro atoms. The molecule has 2 aromatic heterocycles. The Kier molecular flexibility index (Phi) is 9.80. The minimum absolute atomic E-state index is 0.0303. The van der Waals surface area contributed by atoms with Gasteiger partial charge in [-0.1, -0.05) is 62.4 Å². The van der Waals surface area contributed by atoms with Crippen molar-refractivity contribution < 1.29 is 23.9 Å². The molecular formula is C39H48N8O5. The number of amides is 4. The number of rotatable bonds is 8. The SMILES string of the molecule is COC(=O)N[C@H](C(=O)N1CCC[C@H]1c1ncc(-c2ccc(-c3ccc(-c4cnc([C@@H]5C[C@@]6(CCCO6)CN5C(=O)N(C)C)[nH]4)cc3)cc2)[nH]1)C(C)C. The maximum absolute atomic E-state index is 13.5. The van der Waals surface area contributed by atoms with E-state index >= 15 is 0 Å². The number of hydrogen-bond donors (Lipinski definition) is 3. The highest BCUT2D eigenvalue weighted by Gasteiger charge is 2.50. The fraction of sp³-hybridized carbons (Fsp3) is 0.462. The molecule has 2 aromatic carbocycles. The van der Waals surface area contributed by atoms with Gasteiger partial charge in [-0.3, -0.25) is 4.79 Å². The van der Waals surface area contributed by atoms with Crippen molar-refractivity contribution >= 4 is 18.0 Å². The Labute approximate surface area is 304 Å². The third kappa shape index (κ3) is 6.89. The number of ether oxygens (including phenoxy) is 2. The van der Waals surface area contributed by atoms with Crippen molar-refractivity contribution in [3.05, 3.63) is 72.6 Å². The molecule has 3 aliphatic rings. The number of carbonyl (C=O) groups excluding carboxylic acids is 3. The van der Waals surface area contributed by atoms with Crippen molar-refractivity contribution in [3.8, 4) is 33.6 Å². The molecule has 0 unspecified atom stereocenters. The smallest absolute Gasteiger partial charge is 0.407 e. The van der Waals surface area contributed by atoms with Crippen molar-refractivity contribution in [1.82, 2.24) is 40.0 Å². The summed E-state index contributed by atoms with van der Waals surface area (Å²) >= 11 is 0. The summed E-state index contributed by atoms with van der Waals surface area (Å²) in [5.41, 5.74) is 5.65. The zero-order valence-electron chi connectivity index (χ0n) is 30.5. The summed E-state index contributed by atoms with van der Waals surface area (Å²) in [4.78, 5) is 60.2. The minimum atomic E-state index is -0.677. The van der Waals surface area contributed by atoms with Crippen molar-refractivity contribution in [2.24, 2.45) is 5.92 Å². The molecule has 5 heterocycles. The van der Waals surface area contributed by atoms with Crippen LogP contribution in [0.5, 0.6) is 0 Å². The Hall–Kier alpha value is -5.17. The van der Waals surface area contributed by atoms with Crippen LogP contribution in [0.15, 0.2) is 60.9 Å². The fourth-order valence-electron chi connectivity index (χ4n) is 7.87. The lowest BCUT2D eigenvalue weighted by Crippen LogP contribution is -2.51. The number of nitrogens with one attached hydrogen (secondary N) is 3. The van der Waals surface area contributed by atoms with Gasteiger partial charge >= 0.3 is 12.1 Å². The molecule has 3 fully saturated rings. The van der Waals surface area contributed by atoms with Gasteiger partial charge in [0, 0.05) is 33.7 Å². The van der Waals surface area contributed by atoms with Crippen LogP contribution in [0.3, 0.4) is 0 Å². The predicted octanol–water partition coefficient (Wildman–Crippen LogP) is 6.16. The molecular weight excluding hydrogens is 660 g/mol. The van der Waals surface area contributed by atoms with E-state index in [9.17, 15) is 14.4 Å². The Morgan fingerprint density at radius 3 is 1.98 bits per heavy atom. The Morgan fingerprint density at radius 1 is 0.885 bits per heavy atom. The lowest BCUT2D eigenvalue weighted by atomic mass is 9.96. The number of H-pyrrole nitrogens is 2. The van der Waals surface area contributed by atoms with Crippen LogP contribution in [0.4, 0.5) is 9.59 Å². The van der Waals surface area contributed by atoms with Crippen molar-refractivity contribution in [2.75, 3.05) is 40.9 Å². The van der Waals surface area contributed by atoms with Gasteiger partial charge in [-0.2, -0.15) is 0 Å². The summed E-state index contributed by atoms with van der Waals surface area (Å²) in [6.45, 7) is 5.73. The second kappa shape index (κ2) is 14.5. The van der Waals surface area contributed by atoms with Crippen LogP contribution in [0.1, 0.15) is 69.7 Å². The second-order valence-electron chi connectivity index (χ2n) is 14.7. The summed E-state index contributed by atoms with van der Waals surface area (Å²) < 4.78 is 10.9. The molecule has 274 valence electrons. The first-order valence-corrected chi connectivity index (χ1v) is 18.1. The number of aromatic nitrogens is 4.